The predicted octanol–water partition coefficient (Wildman–Crippen LogP) is 5.30. The minimum Gasteiger partial charge on any atom is -0.481 e. The van der Waals surface area contributed by atoms with Crippen LogP contribution in [-0.2, 0) is 9.59 Å². The number of carboxylic acids is 1. The molecule has 1 N–H and O–H groups in total. The van der Waals surface area contributed by atoms with Crippen LogP contribution in [0.15, 0.2) is 52.0 Å². The Morgan fingerprint density at radius 1 is 1.15 bits per heavy atom. The predicted molar refractivity (Wildman–Crippen MR) is 108 cm³/mol. The van der Waals surface area contributed by atoms with Crippen LogP contribution in [0.25, 0.3) is 0 Å². The second-order valence-electron chi connectivity index (χ2n) is 6.07. The first-order chi connectivity index (χ1) is 12.8. The second kappa shape index (κ2) is 8.42. The Morgan fingerprint density at radius 2 is 1.85 bits per heavy atom. The molecule has 0 aliphatic carbocycles. The zero-order chi connectivity index (χ0) is 19.6. The molecule has 0 saturated heterocycles. The van der Waals surface area contributed by atoms with Crippen LogP contribution in [0.3, 0.4) is 0 Å². The number of amides is 1. The van der Waals surface area contributed by atoms with Crippen molar-refractivity contribution in [3.63, 3.8) is 0 Å². The molecular weight excluding hydrogens is 455 g/mol. The number of carboxylic acid groups (broad SMARTS) is 1. The summed E-state index contributed by atoms with van der Waals surface area (Å²) in [5.74, 6) is -1.37. The molecule has 0 aromatic heterocycles. The number of hydrazone groups is 1. The molecule has 1 heterocycles. The highest BCUT2D eigenvalue weighted by Gasteiger charge is 2.33. The molecule has 3 rings (SSSR count). The summed E-state index contributed by atoms with van der Waals surface area (Å²) in [7, 11) is 0. The van der Waals surface area contributed by atoms with Gasteiger partial charge in [-0.05, 0) is 35.9 Å². The fourth-order valence-electron chi connectivity index (χ4n) is 2.89. The fourth-order valence-corrected chi connectivity index (χ4v) is 3.56. The van der Waals surface area contributed by atoms with E-state index in [0.717, 1.165) is 10.0 Å². The van der Waals surface area contributed by atoms with Gasteiger partial charge in [-0.15, -0.1) is 0 Å². The highest BCUT2D eigenvalue weighted by Crippen LogP contribution is 2.36. The summed E-state index contributed by atoms with van der Waals surface area (Å²) >= 11 is 15.8. The second-order valence-corrected chi connectivity index (χ2v) is 7.83. The molecule has 1 unspecified atom stereocenters. The van der Waals surface area contributed by atoms with Gasteiger partial charge in [-0.25, -0.2) is 5.01 Å². The van der Waals surface area contributed by atoms with Gasteiger partial charge in [0.2, 0.25) is 5.91 Å². The van der Waals surface area contributed by atoms with Crippen LogP contribution in [0.5, 0.6) is 0 Å². The molecule has 2 aromatic rings. The van der Waals surface area contributed by atoms with Gasteiger partial charge in [0.15, 0.2) is 0 Å². The number of carbonyl (C=O) groups excluding carboxylic acids is 1. The first-order valence-corrected chi connectivity index (χ1v) is 9.72. The third-order valence-electron chi connectivity index (χ3n) is 4.21. The minimum atomic E-state index is -1.02. The van der Waals surface area contributed by atoms with Crippen LogP contribution in [0.4, 0.5) is 0 Å². The van der Waals surface area contributed by atoms with Crippen molar-refractivity contribution >= 4 is 56.7 Å². The van der Waals surface area contributed by atoms with E-state index in [-0.39, 0.29) is 24.8 Å². The van der Waals surface area contributed by atoms with E-state index in [1.807, 2.05) is 24.3 Å². The quantitative estimate of drug-likeness (QED) is 0.645. The van der Waals surface area contributed by atoms with E-state index in [0.29, 0.717) is 27.7 Å². The van der Waals surface area contributed by atoms with E-state index in [4.69, 9.17) is 28.3 Å². The van der Waals surface area contributed by atoms with Crippen LogP contribution in [0, 0.1) is 0 Å². The Bertz CT molecular complexity index is 916. The number of carbonyl (C=O) groups is 2. The van der Waals surface area contributed by atoms with Crippen molar-refractivity contribution in [2.45, 2.75) is 25.3 Å². The maximum Gasteiger partial charge on any atom is 0.303 e. The topological polar surface area (TPSA) is 70.0 Å². The van der Waals surface area contributed by atoms with Gasteiger partial charge >= 0.3 is 5.97 Å². The highest BCUT2D eigenvalue weighted by atomic mass is 79.9. The third kappa shape index (κ3) is 4.69. The summed E-state index contributed by atoms with van der Waals surface area (Å²) in [6, 6.07) is 12.3. The number of hydrogen-bond acceptors (Lipinski definition) is 3. The lowest BCUT2D eigenvalue weighted by molar-refractivity contribution is -0.141. The maximum atomic E-state index is 12.6. The van der Waals surface area contributed by atoms with E-state index in [2.05, 4.69) is 21.0 Å². The molecule has 0 fully saturated rings. The lowest BCUT2D eigenvalue weighted by atomic mass is 9.98. The van der Waals surface area contributed by atoms with Gasteiger partial charge in [0.1, 0.15) is 0 Å². The summed E-state index contributed by atoms with van der Waals surface area (Å²) in [5.41, 5.74) is 2.21. The SMILES string of the molecule is O=C(O)CCC(=O)N1N=C(c2cc(Cl)ccc2Cl)CC1c1ccc(Br)cc1. The van der Waals surface area contributed by atoms with Gasteiger partial charge in [-0.1, -0.05) is 51.3 Å². The van der Waals surface area contributed by atoms with Crippen molar-refractivity contribution in [3.05, 3.63) is 68.1 Å². The summed E-state index contributed by atoms with van der Waals surface area (Å²) in [4.78, 5) is 23.4. The maximum absolute atomic E-state index is 12.6. The van der Waals surface area contributed by atoms with Gasteiger partial charge in [-0.2, -0.15) is 5.10 Å². The van der Waals surface area contributed by atoms with Crippen LogP contribution in [-0.4, -0.2) is 27.7 Å². The average Bonchev–Trinajstić information content (AvgIpc) is 3.07. The number of benzene rings is 2. The van der Waals surface area contributed by atoms with Crippen molar-refractivity contribution in [1.82, 2.24) is 5.01 Å². The molecule has 2 aromatic carbocycles. The largest absolute Gasteiger partial charge is 0.481 e. The first-order valence-electron chi connectivity index (χ1n) is 8.17. The lowest BCUT2D eigenvalue weighted by Crippen LogP contribution is -2.27. The number of hydrogen-bond donors (Lipinski definition) is 1. The Kier molecular flexibility index (Phi) is 6.19. The summed E-state index contributed by atoms with van der Waals surface area (Å²) in [5, 5.41) is 15.7. The summed E-state index contributed by atoms with van der Waals surface area (Å²) in [6.07, 6.45) is 0.0914. The number of rotatable bonds is 5. The zero-order valence-corrected chi connectivity index (χ0v) is 17.1. The Balaban J connectivity index is 1.95. The molecule has 0 radical (unpaired) electrons. The Hall–Kier alpha value is -1.89. The van der Waals surface area contributed by atoms with Crippen molar-refractivity contribution in [2.24, 2.45) is 5.10 Å². The average molecular weight is 470 g/mol. The molecule has 140 valence electrons. The van der Waals surface area contributed by atoms with Gasteiger partial charge in [0.05, 0.1) is 18.2 Å². The van der Waals surface area contributed by atoms with E-state index in [1.54, 1.807) is 18.2 Å². The molecule has 0 bridgehead atoms. The first kappa shape index (κ1) is 19.9. The highest BCUT2D eigenvalue weighted by molar-refractivity contribution is 9.10. The van der Waals surface area contributed by atoms with Crippen molar-refractivity contribution in [1.29, 1.82) is 0 Å². The molecule has 1 aliphatic rings. The fraction of sp³-hybridized carbons (Fsp3) is 0.211. The third-order valence-corrected chi connectivity index (χ3v) is 5.31. The molecule has 0 spiro atoms. The minimum absolute atomic E-state index is 0.123. The molecule has 8 heteroatoms. The van der Waals surface area contributed by atoms with Gasteiger partial charge < -0.3 is 5.11 Å². The Labute approximate surface area is 174 Å². The van der Waals surface area contributed by atoms with E-state index in [1.165, 1.54) is 5.01 Å². The van der Waals surface area contributed by atoms with Crippen LogP contribution < -0.4 is 0 Å². The van der Waals surface area contributed by atoms with E-state index in [9.17, 15) is 9.59 Å². The zero-order valence-electron chi connectivity index (χ0n) is 14.0. The number of aliphatic carboxylic acids is 1. The molecule has 1 amide bonds. The van der Waals surface area contributed by atoms with Crippen LogP contribution in [0.1, 0.15) is 36.4 Å². The van der Waals surface area contributed by atoms with Crippen LogP contribution >= 0.6 is 39.1 Å². The normalized spacial score (nSPS) is 16.3. The molecule has 1 aliphatic heterocycles. The van der Waals surface area contributed by atoms with E-state index >= 15 is 0 Å². The van der Waals surface area contributed by atoms with Crippen molar-refractivity contribution in [2.75, 3.05) is 0 Å². The molecule has 0 saturated carbocycles. The van der Waals surface area contributed by atoms with Crippen LogP contribution in [0.2, 0.25) is 10.0 Å². The molecule has 5 nitrogen and oxygen atoms in total. The smallest absolute Gasteiger partial charge is 0.303 e. The molecule has 27 heavy (non-hydrogen) atoms. The van der Waals surface area contributed by atoms with E-state index < -0.39 is 5.97 Å². The molecular formula is C19H15BrCl2N2O3. The van der Waals surface area contributed by atoms with Gasteiger partial charge in [-0.3, -0.25) is 9.59 Å². The summed E-state index contributed by atoms with van der Waals surface area (Å²) in [6.45, 7) is 0. The monoisotopic (exact) mass is 468 g/mol. The number of nitrogens with zero attached hydrogens (tertiary/aromatic N) is 2. The van der Waals surface area contributed by atoms with Crippen molar-refractivity contribution in [3.8, 4) is 0 Å². The standard InChI is InChI=1S/C19H15BrCl2N2O3/c20-12-3-1-11(2-4-12)17-10-16(14-9-13(21)5-6-15(14)22)23-24(17)18(25)7-8-19(26)27/h1-6,9,17H,7-8,10H2,(H,26,27). The summed E-state index contributed by atoms with van der Waals surface area (Å²) < 4.78 is 0.923. The number of halogens is 3. The molecule has 1 atom stereocenters. The van der Waals surface area contributed by atoms with Gasteiger partial charge in [0, 0.05) is 32.9 Å². The van der Waals surface area contributed by atoms with Crippen molar-refractivity contribution < 1.29 is 14.7 Å². The van der Waals surface area contributed by atoms with Gasteiger partial charge in [0.25, 0.3) is 0 Å². The lowest BCUT2D eigenvalue weighted by Gasteiger charge is -2.22. The Morgan fingerprint density at radius 3 is 2.52 bits per heavy atom.